The van der Waals surface area contributed by atoms with Crippen LogP contribution in [0.25, 0.3) is 37.1 Å². The molecular weight excluding hydrogens is 580 g/mol. The number of nitrogens with zero attached hydrogens (tertiary/aromatic N) is 6. The van der Waals surface area contributed by atoms with Gasteiger partial charge in [-0.05, 0) is 63.4 Å². The van der Waals surface area contributed by atoms with Gasteiger partial charge in [0.05, 0.1) is 20.8 Å². The predicted octanol–water partition coefficient (Wildman–Crippen LogP) is 6.71. The number of anilines is 2. The summed E-state index contributed by atoms with van der Waals surface area (Å²) >= 11 is 7.79. The molecular formula is C30H30ClF2N7OS. The quantitative estimate of drug-likeness (QED) is 0.252. The zero-order chi connectivity index (χ0) is 29.0. The Hall–Kier alpha value is -3.33. The molecule has 0 bridgehead atoms. The Morgan fingerprint density at radius 2 is 1.88 bits per heavy atom. The average Bonchev–Trinajstić information content (AvgIpc) is 3.62. The van der Waals surface area contributed by atoms with Gasteiger partial charge in [-0.3, -0.25) is 4.90 Å². The van der Waals surface area contributed by atoms with Crippen molar-refractivity contribution in [3.63, 3.8) is 0 Å². The van der Waals surface area contributed by atoms with Gasteiger partial charge in [-0.25, -0.2) is 20.3 Å². The zero-order valence-corrected chi connectivity index (χ0v) is 24.6. The van der Waals surface area contributed by atoms with E-state index in [0.717, 1.165) is 63.0 Å². The maximum atomic E-state index is 16.7. The molecule has 0 saturated carbocycles. The number of hydrogen-bond donors (Lipinski definition) is 1. The highest BCUT2D eigenvalue weighted by Crippen LogP contribution is 2.43. The van der Waals surface area contributed by atoms with E-state index in [0.29, 0.717) is 42.9 Å². The van der Waals surface area contributed by atoms with E-state index < -0.39 is 11.6 Å². The van der Waals surface area contributed by atoms with Crippen LogP contribution in [0.2, 0.25) is 5.02 Å². The largest absolute Gasteiger partial charge is 0.461 e. The van der Waals surface area contributed by atoms with Crippen LogP contribution in [-0.2, 0) is 0 Å². The lowest BCUT2D eigenvalue weighted by Crippen LogP contribution is -2.43. The fourth-order valence-corrected chi connectivity index (χ4v) is 8.04. The summed E-state index contributed by atoms with van der Waals surface area (Å²) in [5, 5.41) is 0.783. The molecule has 0 spiro atoms. The van der Waals surface area contributed by atoms with Gasteiger partial charge in [0.25, 0.3) is 0 Å². The van der Waals surface area contributed by atoms with Gasteiger partial charge in [-0.1, -0.05) is 22.9 Å². The standard InChI is InChI=1S/C30H30ClF2N7OS/c1-35-17-5-2-11-39(14-8-17)27-19-15-20(31)22(18-6-7-21(32)26-25(18)36-28(34)42-26)23(33)24(19)37-29(38-27)41-16-30-9-3-12-40(30)13-4-10-30/h6-7,15,17H,2-5,8-14,16H2,(H2,34,36). The van der Waals surface area contributed by atoms with E-state index in [-0.39, 0.29) is 49.0 Å². The summed E-state index contributed by atoms with van der Waals surface area (Å²) in [5.41, 5.74) is 6.62. The van der Waals surface area contributed by atoms with Crippen LogP contribution in [0.4, 0.5) is 19.7 Å². The predicted molar refractivity (Wildman–Crippen MR) is 162 cm³/mol. The number of halogens is 3. The molecule has 3 aliphatic rings. The second kappa shape index (κ2) is 10.7. The number of hydrogen-bond acceptors (Lipinski definition) is 8. The topological polar surface area (TPSA) is 84.8 Å². The Balaban J connectivity index is 1.37. The summed E-state index contributed by atoms with van der Waals surface area (Å²) in [4.78, 5) is 22.1. The fraction of sp³-hybridized carbons (Fsp3) is 0.467. The van der Waals surface area contributed by atoms with Gasteiger partial charge in [-0.2, -0.15) is 9.97 Å². The minimum absolute atomic E-state index is 0.0299. The highest BCUT2D eigenvalue weighted by Gasteiger charge is 2.45. The number of nitrogen functional groups attached to an aromatic ring is 1. The SMILES string of the molecule is [C-]#[N+]C1CCCN(c2nc(OCC34CCCN3CCC4)nc3c(F)c(-c4ccc(F)c5sc(N)nc45)c(Cl)cc23)CC1. The summed E-state index contributed by atoms with van der Waals surface area (Å²) in [6, 6.07) is 4.48. The van der Waals surface area contributed by atoms with Gasteiger partial charge in [0, 0.05) is 42.4 Å². The molecule has 4 aromatic rings. The average molecular weight is 610 g/mol. The highest BCUT2D eigenvalue weighted by molar-refractivity contribution is 7.22. The van der Waals surface area contributed by atoms with Gasteiger partial charge in [0.2, 0.25) is 6.04 Å². The molecule has 3 fully saturated rings. The molecule has 3 saturated heterocycles. The third-order valence-electron chi connectivity index (χ3n) is 9.08. The van der Waals surface area contributed by atoms with Crippen LogP contribution in [0.3, 0.4) is 0 Å². The smallest absolute Gasteiger partial charge is 0.319 e. The minimum Gasteiger partial charge on any atom is -0.461 e. The lowest BCUT2D eigenvalue weighted by Gasteiger charge is -2.31. The Bertz CT molecular complexity index is 1730. The lowest BCUT2D eigenvalue weighted by atomic mass is 9.95. The fourth-order valence-electron chi connectivity index (χ4n) is 6.99. The highest BCUT2D eigenvalue weighted by atomic mass is 35.5. The second-order valence-electron chi connectivity index (χ2n) is 11.5. The second-order valence-corrected chi connectivity index (χ2v) is 12.9. The van der Waals surface area contributed by atoms with Crippen LogP contribution in [-0.4, -0.2) is 64.2 Å². The number of thiazole rings is 1. The van der Waals surface area contributed by atoms with E-state index in [2.05, 4.69) is 24.6 Å². The first kappa shape index (κ1) is 27.5. The molecule has 12 heteroatoms. The monoisotopic (exact) mass is 609 g/mol. The molecule has 7 rings (SSSR count). The first-order chi connectivity index (χ1) is 20.4. The summed E-state index contributed by atoms with van der Waals surface area (Å²) < 4.78 is 37.8. The van der Waals surface area contributed by atoms with Crippen molar-refractivity contribution in [1.29, 1.82) is 0 Å². The molecule has 2 aromatic carbocycles. The van der Waals surface area contributed by atoms with Crippen LogP contribution in [0, 0.1) is 18.2 Å². The Morgan fingerprint density at radius 3 is 2.67 bits per heavy atom. The van der Waals surface area contributed by atoms with Crippen LogP contribution >= 0.6 is 22.9 Å². The van der Waals surface area contributed by atoms with Crippen molar-refractivity contribution in [3.8, 4) is 17.1 Å². The summed E-state index contributed by atoms with van der Waals surface area (Å²) in [6.45, 7) is 11.4. The zero-order valence-electron chi connectivity index (χ0n) is 23.0. The summed E-state index contributed by atoms with van der Waals surface area (Å²) in [5.74, 6) is -0.588. The van der Waals surface area contributed by atoms with Gasteiger partial charge < -0.3 is 20.2 Å². The maximum absolute atomic E-state index is 16.7. The van der Waals surface area contributed by atoms with Crippen molar-refractivity contribution >= 4 is 55.0 Å². The number of fused-ring (bicyclic) bond motifs is 3. The van der Waals surface area contributed by atoms with E-state index in [1.54, 1.807) is 6.07 Å². The summed E-state index contributed by atoms with van der Waals surface area (Å²) in [7, 11) is 0. The first-order valence-electron chi connectivity index (χ1n) is 14.4. The van der Waals surface area contributed by atoms with Crippen LogP contribution < -0.4 is 15.4 Å². The normalized spacial score (nSPS) is 20.6. The number of rotatable bonds is 5. The Labute approximate surface area is 251 Å². The van der Waals surface area contributed by atoms with Crippen molar-refractivity contribution in [1.82, 2.24) is 19.9 Å². The van der Waals surface area contributed by atoms with E-state index in [4.69, 9.17) is 33.6 Å². The van der Waals surface area contributed by atoms with Crippen molar-refractivity contribution in [2.75, 3.05) is 43.4 Å². The van der Waals surface area contributed by atoms with Crippen molar-refractivity contribution in [2.24, 2.45) is 0 Å². The number of nitrogens with two attached hydrogens (primary N) is 1. The van der Waals surface area contributed by atoms with Crippen molar-refractivity contribution in [2.45, 2.75) is 56.5 Å². The molecule has 1 unspecified atom stereocenters. The molecule has 5 heterocycles. The third-order valence-corrected chi connectivity index (χ3v) is 10.3. The van der Waals surface area contributed by atoms with E-state index in [9.17, 15) is 4.39 Å². The van der Waals surface area contributed by atoms with Crippen LogP contribution in [0.1, 0.15) is 44.9 Å². The third kappa shape index (κ3) is 4.60. The van der Waals surface area contributed by atoms with Crippen LogP contribution in [0.5, 0.6) is 6.01 Å². The van der Waals surface area contributed by atoms with E-state index in [1.807, 2.05) is 0 Å². The summed E-state index contributed by atoms with van der Waals surface area (Å²) in [6.07, 6.45) is 6.70. The van der Waals surface area contributed by atoms with Gasteiger partial charge in [0.1, 0.15) is 23.8 Å². The van der Waals surface area contributed by atoms with Crippen molar-refractivity contribution in [3.05, 3.63) is 46.3 Å². The minimum atomic E-state index is -0.652. The molecule has 0 radical (unpaired) electrons. The van der Waals surface area contributed by atoms with E-state index >= 15 is 4.39 Å². The van der Waals surface area contributed by atoms with Gasteiger partial charge >= 0.3 is 6.01 Å². The van der Waals surface area contributed by atoms with Gasteiger partial charge in [0.15, 0.2) is 10.9 Å². The first-order valence-corrected chi connectivity index (χ1v) is 15.6. The molecule has 0 amide bonds. The van der Waals surface area contributed by atoms with Crippen LogP contribution in [0.15, 0.2) is 18.2 Å². The van der Waals surface area contributed by atoms with Crippen molar-refractivity contribution < 1.29 is 13.5 Å². The molecule has 218 valence electrons. The Morgan fingerprint density at radius 1 is 1.07 bits per heavy atom. The molecule has 1 atom stereocenters. The van der Waals surface area contributed by atoms with E-state index in [1.165, 1.54) is 12.1 Å². The Kier molecular flexibility index (Phi) is 7.03. The maximum Gasteiger partial charge on any atom is 0.319 e. The number of ether oxygens (including phenoxy) is 1. The molecule has 2 aromatic heterocycles. The molecule has 0 aliphatic carbocycles. The number of benzene rings is 2. The molecule has 8 nitrogen and oxygen atoms in total. The number of aromatic nitrogens is 3. The molecule has 42 heavy (non-hydrogen) atoms. The van der Waals surface area contributed by atoms with Gasteiger partial charge in [-0.15, -0.1) is 0 Å². The molecule has 3 aliphatic heterocycles. The lowest BCUT2D eigenvalue weighted by molar-refractivity contribution is 0.108. The molecule has 2 N–H and O–H groups in total.